The standard InChI is InChI=1S/C35H49F2N5O4S/c1-35(36,37)26-42-28(24-30-31(9-6-10-33(30)42)39-27-13-16-41(4)17-14-27)8-7-15-38-32-12-11-29(25-34(32)44-5)47(43)23-22-46-21-20-45-19-18-40(2)3/h6,9-12,24-25,27,38-39H,13-23,26H2,1-5H3. The van der Waals surface area contributed by atoms with Gasteiger partial charge in [-0.1, -0.05) is 12.0 Å². The predicted molar refractivity (Wildman–Crippen MR) is 187 cm³/mol. The molecule has 12 heteroatoms. The van der Waals surface area contributed by atoms with Crippen LogP contribution >= 0.6 is 0 Å². The molecule has 1 atom stereocenters. The van der Waals surface area contributed by atoms with Gasteiger partial charge in [0, 0.05) is 35.5 Å². The van der Waals surface area contributed by atoms with E-state index in [1.807, 2.05) is 44.4 Å². The number of halogens is 2. The van der Waals surface area contributed by atoms with Crippen LogP contribution in [-0.4, -0.2) is 117 Å². The lowest BCUT2D eigenvalue weighted by molar-refractivity contribution is 0.00490. The molecule has 1 fully saturated rings. The van der Waals surface area contributed by atoms with Gasteiger partial charge >= 0.3 is 0 Å². The molecule has 0 amide bonds. The monoisotopic (exact) mass is 673 g/mol. The summed E-state index contributed by atoms with van der Waals surface area (Å²) in [7, 11) is 6.41. The number of piperidine rings is 1. The van der Waals surface area contributed by atoms with E-state index in [4.69, 9.17) is 14.2 Å². The lowest BCUT2D eigenvalue weighted by Gasteiger charge is -2.30. The van der Waals surface area contributed by atoms with Crippen molar-refractivity contribution in [1.82, 2.24) is 14.4 Å². The highest BCUT2D eigenvalue weighted by molar-refractivity contribution is 7.85. The Morgan fingerprint density at radius 3 is 2.49 bits per heavy atom. The Morgan fingerprint density at radius 2 is 1.79 bits per heavy atom. The summed E-state index contributed by atoms with van der Waals surface area (Å²) >= 11 is 0. The highest BCUT2D eigenvalue weighted by atomic mass is 32.2. The Hall–Kier alpha value is -3.21. The number of methoxy groups -OCH3 is 1. The van der Waals surface area contributed by atoms with Crippen molar-refractivity contribution in [2.24, 2.45) is 0 Å². The first-order valence-electron chi connectivity index (χ1n) is 16.1. The number of likely N-dealkylation sites (N-methyl/N-ethyl adjacent to an activating group) is 1. The van der Waals surface area contributed by atoms with Crippen LogP contribution in [0.4, 0.5) is 20.2 Å². The molecule has 0 spiro atoms. The van der Waals surface area contributed by atoms with Crippen LogP contribution < -0.4 is 15.4 Å². The number of aromatic nitrogens is 1. The molecular weight excluding hydrogens is 624 g/mol. The molecule has 2 aromatic carbocycles. The van der Waals surface area contributed by atoms with Crippen molar-refractivity contribution in [2.45, 2.75) is 43.2 Å². The van der Waals surface area contributed by atoms with Crippen LogP contribution in [0.15, 0.2) is 47.4 Å². The van der Waals surface area contributed by atoms with Gasteiger partial charge in [-0.2, -0.15) is 0 Å². The molecule has 0 radical (unpaired) electrons. The van der Waals surface area contributed by atoms with Gasteiger partial charge in [0.25, 0.3) is 5.92 Å². The maximum atomic E-state index is 14.3. The van der Waals surface area contributed by atoms with Crippen molar-refractivity contribution in [1.29, 1.82) is 0 Å². The Kier molecular flexibility index (Phi) is 13.9. The number of hydrogen-bond acceptors (Lipinski definition) is 8. The minimum Gasteiger partial charge on any atom is -0.495 e. The van der Waals surface area contributed by atoms with E-state index >= 15 is 0 Å². The largest absolute Gasteiger partial charge is 0.495 e. The third-order valence-electron chi connectivity index (χ3n) is 7.95. The van der Waals surface area contributed by atoms with Gasteiger partial charge in [0.2, 0.25) is 0 Å². The van der Waals surface area contributed by atoms with Crippen LogP contribution in [0, 0.1) is 11.8 Å². The Balaban J connectivity index is 1.38. The van der Waals surface area contributed by atoms with Crippen molar-refractivity contribution in [2.75, 3.05) is 97.2 Å². The van der Waals surface area contributed by atoms with Gasteiger partial charge in [-0.3, -0.25) is 4.21 Å². The second-order valence-electron chi connectivity index (χ2n) is 12.2. The lowest BCUT2D eigenvalue weighted by atomic mass is 10.0. The van der Waals surface area contributed by atoms with Crippen molar-refractivity contribution in [3.05, 3.63) is 48.2 Å². The maximum absolute atomic E-state index is 14.3. The van der Waals surface area contributed by atoms with E-state index in [9.17, 15) is 13.0 Å². The molecule has 1 saturated heterocycles. The molecule has 1 aliphatic rings. The van der Waals surface area contributed by atoms with Crippen LogP contribution in [0.25, 0.3) is 10.9 Å². The SMILES string of the molecule is COc1cc(S(=O)CCOCCOCCN(C)C)ccc1NCC#Cc1cc2c(NC3CCN(C)CC3)cccc2n1CC(C)(F)F. The first-order chi connectivity index (χ1) is 22.5. The fourth-order valence-electron chi connectivity index (χ4n) is 5.39. The molecule has 3 aromatic rings. The molecule has 0 saturated carbocycles. The van der Waals surface area contributed by atoms with E-state index in [1.165, 1.54) is 0 Å². The molecule has 9 nitrogen and oxygen atoms in total. The fourth-order valence-corrected chi connectivity index (χ4v) is 6.35. The van der Waals surface area contributed by atoms with Gasteiger partial charge in [0.1, 0.15) is 5.75 Å². The first-order valence-corrected chi connectivity index (χ1v) is 17.4. The molecule has 0 bridgehead atoms. The summed E-state index contributed by atoms with van der Waals surface area (Å²) in [5.74, 6) is 4.21. The number of nitrogens with one attached hydrogen (secondary N) is 2. The minimum atomic E-state index is -2.90. The van der Waals surface area contributed by atoms with E-state index in [-0.39, 0.29) is 6.54 Å². The third kappa shape index (κ3) is 11.5. The zero-order valence-electron chi connectivity index (χ0n) is 28.2. The summed E-state index contributed by atoms with van der Waals surface area (Å²) in [6.07, 6.45) is 2.06. The summed E-state index contributed by atoms with van der Waals surface area (Å²) in [6.45, 7) is 5.58. The number of fused-ring (bicyclic) bond motifs is 1. The Morgan fingerprint density at radius 1 is 1.04 bits per heavy atom. The molecule has 4 rings (SSSR count). The molecule has 2 heterocycles. The smallest absolute Gasteiger partial charge is 0.262 e. The van der Waals surface area contributed by atoms with E-state index < -0.39 is 23.3 Å². The van der Waals surface area contributed by atoms with Gasteiger partial charge in [0.15, 0.2) is 0 Å². The lowest BCUT2D eigenvalue weighted by Crippen LogP contribution is -2.36. The number of nitrogens with zero attached hydrogens (tertiary/aromatic N) is 3. The number of alkyl halides is 2. The van der Waals surface area contributed by atoms with Crippen LogP contribution in [0.5, 0.6) is 5.75 Å². The average molecular weight is 674 g/mol. The molecule has 1 aliphatic heterocycles. The number of anilines is 2. The fraction of sp³-hybridized carbons (Fsp3) is 0.543. The molecular formula is C35H49F2N5O4S. The predicted octanol–water partition coefficient (Wildman–Crippen LogP) is 4.98. The molecule has 2 N–H and O–H groups in total. The number of likely N-dealkylation sites (tertiary alicyclic amines) is 1. The van der Waals surface area contributed by atoms with Crippen molar-refractivity contribution in [3.63, 3.8) is 0 Å². The molecule has 1 aromatic heterocycles. The number of ether oxygens (including phenoxy) is 3. The average Bonchev–Trinajstić information content (AvgIpc) is 3.37. The normalized spacial score (nSPS) is 15.1. The van der Waals surface area contributed by atoms with Gasteiger partial charge in [-0.05, 0) is 89.4 Å². The Bertz CT molecular complexity index is 1520. The summed E-state index contributed by atoms with van der Waals surface area (Å²) in [6, 6.07) is 13.4. The van der Waals surface area contributed by atoms with Crippen LogP contribution in [-0.2, 0) is 26.8 Å². The third-order valence-corrected chi connectivity index (χ3v) is 9.26. The van der Waals surface area contributed by atoms with Gasteiger partial charge in [-0.25, -0.2) is 8.78 Å². The zero-order valence-corrected chi connectivity index (χ0v) is 29.1. The van der Waals surface area contributed by atoms with Gasteiger partial charge < -0.3 is 39.2 Å². The number of benzene rings is 2. The quantitative estimate of drug-likeness (QED) is 0.154. The minimum absolute atomic E-state index is 0.258. The summed E-state index contributed by atoms with van der Waals surface area (Å²) in [5, 5.41) is 7.78. The van der Waals surface area contributed by atoms with E-state index in [2.05, 4.69) is 39.3 Å². The summed E-state index contributed by atoms with van der Waals surface area (Å²) in [4.78, 5) is 5.00. The van der Waals surface area contributed by atoms with Crippen molar-refractivity contribution < 1.29 is 27.2 Å². The van der Waals surface area contributed by atoms with Crippen molar-refractivity contribution in [3.8, 4) is 17.6 Å². The first kappa shape index (κ1) is 36.6. The van der Waals surface area contributed by atoms with E-state index in [0.717, 1.165) is 56.0 Å². The number of rotatable bonds is 17. The molecule has 1 unspecified atom stereocenters. The van der Waals surface area contributed by atoms with Crippen LogP contribution in [0.3, 0.4) is 0 Å². The molecule has 47 heavy (non-hydrogen) atoms. The molecule has 258 valence electrons. The number of hydrogen-bond donors (Lipinski definition) is 2. The van der Waals surface area contributed by atoms with Gasteiger partial charge in [0.05, 0.1) is 80.1 Å². The highest BCUT2D eigenvalue weighted by Crippen LogP contribution is 2.31. The van der Waals surface area contributed by atoms with Crippen molar-refractivity contribution >= 4 is 33.1 Å². The summed E-state index contributed by atoms with van der Waals surface area (Å²) in [5.41, 5.74) is 2.89. The molecule has 0 aliphatic carbocycles. The van der Waals surface area contributed by atoms with Crippen LogP contribution in [0.2, 0.25) is 0 Å². The Labute approximate surface area is 280 Å². The zero-order chi connectivity index (χ0) is 33.8. The van der Waals surface area contributed by atoms with E-state index in [0.29, 0.717) is 60.2 Å². The van der Waals surface area contributed by atoms with Crippen LogP contribution in [0.1, 0.15) is 25.5 Å². The maximum Gasteiger partial charge on any atom is 0.262 e. The second kappa shape index (κ2) is 17.8. The second-order valence-corrected chi connectivity index (χ2v) is 13.8. The van der Waals surface area contributed by atoms with E-state index in [1.54, 1.807) is 23.8 Å². The van der Waals surface area contributed by atoms with Gasteiger partial charge in [-0.15, -0.1) is 0 Å². The highest BCUT2D eigenvalue weighted by Gasteiger charge is 2.25. The topological polar surface area (TPSA) is 80.2 Å². The summed E-state index contributed by atoms with van der Waals surface area (Å²) < 4.78 is 59.7.